The second-order valence-corrected chi connectivity index (χ2v) is 5.00. The fraction of sp³-hybridized carbons (Fsp3) is 0.0714. The number of imidazole rings is 1. The molecule has 3 rings (SSSR count). The Bertz CT molecular complexity index is 706. The standard InChI is InChI=1S/C14H10BrFN2/c15-11-5-6-12-8-17-14(18(12)9-11)7-10-3-1-2-4-13(10)16/h1-6,8-9H,7H2. The summed E-state index contributed by atoms with van der Waals surface area (Å²) in [6.45, 7) is 0. The zero-order valence-electron chi connectivity index (χ0n) is 9.48. The molecule has 2 heterocycles. The molecule has 0 saturated carbocycles. The number of hydrogen-bond donors (Lipinski definition) is 0. The normalized spacial score (nSPS) is 11.0. The van der Waals surface area contributed by atoms with Gasteiger partial charge in [0.1, 0.15) is 11.6 Å². The second kappa shape index (κ2) is 4.53. The van der Waals surface area contributed by atoms with E-state index >= 15 is 0 Å². The predicted molar refractivity (Wildman–Crippen MR) is 72.1 cm³/mol. The van der Waals surface area contributed by atoms with Crippen molar-refractivity contribution in [3.8, 4) is 0 Å². The molecule has 0 N–H and O–H groups in total. The number of benzene rings is 1. The molecule has 4 heteroatoms. The zero-order valence-corrected chi connectivity index (χ0v) is 11.1. The highest BCUT2D eigenvalue weighted by atomic mass is 79.9. The van der Waals surface area contributed by atoms with Crippen LogP contribution in [0, 0.1) is 5.82 Å². The summed E-state index contributed by atoms with van der Waals surface area (Å²) < 4.78 is 16.6. The van der Waals surface area contributed by atoms with E-state index in [1.54, 1.807) is 18.3 Å². The number of nitrogens with zero attached hydrogens (tertiary/aromatic N) is 2. The summed E-state index contributed by atoms with van der Waals surface area (Å²) in [6.07, 6.45) is 4.22. The van der Waals surface area contributed by atoms with Gasteiger partial charge in [-0.1, -0.05) is 18.2 Å². The van der Waals surface area contributed by atoms with Gasteiger partial charge in [0, 0.05) is 17.1 Å². The highest BCUT2D eigenvalue weighted by Crippen LogP contribution is 2.17. The minimum atomic E-state index is -0.191. The van der Waals surface area contributed by atoms with Gasteiger partial charge in [0.25, 0.3) is 0 Å². The first-order chi connectivity index (χ1) is 8.74. The van der Waals surface area contributed by atoms with E-state index in [-0.39, 0.29) is 5.82 Å². The number of hydrogen-bond acceptors (Lipinski definition) is 1. The molecule has 0 radical (unpaired) electrons. The van der Waals surface area contributed by atoms with Gasteiger partial charge in [0.2, 0.25) is 0 Å². The van der Waals surface area contributed by atoms with Gasteiger partial charge in [-0.05, 0) is 39.7 Å². The van der Waals surface area contributed by atoms with Gasteiger partial charge >= 0.3 is 0 Å². The van der Waals surface area contributed by atoms with Crippen LogP contribution in [0.2, 0.25) is 0 Å². The van der Waals surface area contributed by atoms with E-state index in [1.807, 2.05) is 28.8 Å². The van der Waals surface area contributed by atoms with E-state index in [1.165, 1.54) is 6.07 Å². The minimum Gasteiger partial charge on any atom is -0.302 e. The molecule has 2 nitrogen and oxygen atoms in total. The lowest BCUT2D eigenvalue weighted by molar-refractivity contribution is 0.612. The first-order valence-corrected chi connectivity index (χ1v) is 6.38. The summed E-state index contributed by atoms with van der Waals surface area (Å²) in [5.74, 6) is 0.639. The molecule has 0 unspecified atom stereocenters. The Morgan fingerprint density at radius 2 is 2.00 bits per heavy atom. The topological polar surface area (TPSA) is 17.3 Å². The number of fused-ring (bicyclic) bond motifs is 1. The van der Waals surface area contributed by atoms with Crippen molar-refractivity contribution in [2.45, 2.75) is 6.42 Å². The van der Waals surface area contributed by atoms with Crippen LogP contribution in [0.1, 0.15) is 11.4 Å². The maximum absolute atomic E-state index is 13.6. The van der Waals surface area contributed by atoms with Crippen LogP contribution in [0.5, 0.6) is 0 Å². The number of pyridine rings is 1. The second-order valence-electron chi connectivity index (χ2n) is 4.08. The zero-order chi connectivity index (χ0) is 12.5. The van der Waals surface area contributed by atoms with Crippen molar-refractivity contribution >= 4 is 21.4 Å². The molecule has 18 heavy (non-hydrogen) atoms. The Balaban J connectivity index is 2.05. The highest BCUT2D eigenvalue weighted by molar-refractivity contribution is 9.10. The average molecular weight is 305 g/mol. The molecule has 0 amide bonds. The van der Waals surface area contributed by atoms with Crippen LogP contribution in [-0.4, -0.2) is 9.38 Å². The molecule has 1 aromatic carbocycles. The number of halogens is 2. The maximum atomic E-state index is 13.6. The Kier molecular flexibility index (Phi) is 2.88. The van der Waals surface area contributed by atoms with Gasteiger partial charge in [-0.3, -0.25) is 0 Å². The Labute approximate surface area is 112 Å². The molecule has 0 atom stereocenters. The summed E-state index contributed by atoms with van der Waals surface area (Å²) in [5.41, 5.74) is 1.66. The smallest absolute Gasteiger partial charge is 0.126 e. The first kappa shape index (κ1) is 11.4. The van der Waals surface area contributed by atoms with Crippen LogP contribution in [0.15, 0.2) is 53.3 Å². The highest BCUT2D eigenvalue weighted by Gasteiger charge is 2.07. The van der Waals surface area contributed by atoms with Gasteiger partial charge in [0.15, 0.2) is 0 Å². The monoisotopic (exact) mass is 304 g/mol. The van der Waals surface area contributed by atoms with E-state index in [0.29, 0.717) is 12.0 Å². The fourth-order valence-corrected chi connectivity index (χ4v) is 2.30. The molecule has 0 aliphatic carbocycles. The van der Waals surface area contributed by atoms with Gasteiger partial charge in [-0.25, -0.2) is 9.37 Å². The van der Waals surface area contributed by atoms with Gasteiger partial charge in [-0.15, -0.1) is 0 Å². The quantitative estimate of drug-likeness (QED) is 0.703. The maximum Gasteiger partial charge on any atom is 0.126 e. The molecule has 3 aromatic rings. The first-order valence-electron chi connectivity index (χ1n) is 5.59. The molecule has 2 aromatic heterocycles. The molecule has 0 aliphatic heterocycles. The SMILES string of the molecule is Fc1ccccc1Cc1ncc2ccc(Br)cn12. The number of aromatic nitrogens is 2. The molecule has 0 spiro atoms. The van der Waals surface area contributed by atoms with E-state index in [0.717, 1.165) is 15.8 Å². The van der Waals surface area contributed by atoms with E-state index in [2.05, 4.69) is 20.9 Å². The predicted octanol–water partition coefficient (Wildman–Crippen LogP) is 3.83. The van der Waals surface area contributed by atoms with Crippen LogP contribution in [0.4, 0.5) is 4.39 Å². The van der Waals surface area contributed by atoms with Crippen LogP contribution in [0.25, 0.3) is 5.52 Å². The Morgan fingerprint density at radius 3 is 2.83 bits per heavy atom. The van der Waals surface area contributed by atoms with Crippen molar-refractivity contribution < 1.29 is 4.39 Å². The minimum absolute atomic E-state index is 0.191. The lowest BCUT2D eigenvalue weighted by atomic mass is 10.1. The van der Waals surface area contributed by atoms with Crippen LogP contribution in [0.3, 0.4) is 0 Å². The fourth-order valence-electron chi connectivity index (χ4n) is 1.96. The molecule has 0 bridgehead atoms. The molecular formula is C14H10BrFN2. The van der Waals surface area contributed by atoms with Gasteiger partial charge < -0.3 is 4.40 Å². The van der Waals surface area contributed by atoms with Gasteiger partial charge in [0.05, 0.1) is 11.7 Å². The number of rotatable bonds is 2. The third-order valence-electron chi connectivity index (χ3n) is 2.87. The van der Waals surface area contributed by atoms with E-state index in [9.17, 15) is 4.39 Å². The van der Waals surface area contributed by atoms with Crippen molar-refractivity contribution in [2.75, 3.05) is 0 Å². The van der Waals surface area contributed by atoms with Crippen LogP contribution in [-0.2, 0) is 6.42 Å². The van der Waals surface area contributed by atoms with E-state index < -0.39 is 0 Å². The third-order valence-corrected chi connectivity index (χ3v) is 3.34. The molecule has 0 fully saturated rings. The van der Waals surface area contributed by atoms with Crippen molar-refractivity contribution in [3.63, 3.8) is 0 Å². The van der Waals surface area contributed by atoms with Crippen molar-refractivity contribution in [1.82, 2.24) is 9.38 Å². The van der Waals surface area contributed by atoms with Crippen molar-refractivity contribution in [3.05, 3.63) is 70.5 Å². The summed E-state index contributed by atoms with van der Waals surface area (Å²) in [5, 5.41) is 0. The summed E-state index contributed by atoms with van der Waals surface area (Å²) in [6, 6.07) is 10.7. The Hall–Kier alpha value is -1.68. The van der Waals surface area contributed by atoms with Crippen LogP contribution >= 0.6 is 15.9 Å². The lowest BCUT2D eigenvalue weighted by Gasteiger charge is -2.03. The average Bonchev–Trinajstić information content (AvgIpc) is 2.75. The van der Waals surface area contributed by atoms with Crippen molar-refractivity contribution in [1.29, 1.82) is 0 Å². The lowest BCUT2D eigenvalue weighted by Crippen LogP contribution is -1.98. The Morgan fingerprint density at radius 1 is 1.17 bits per heavy atom. The molecule has 0 saturated heterocycles. The van der Waals surface area contributed by atoms with Crippen molar-refractivity contribution in [2.24, 2.45) is 0 Å². The summed E-state index contributed by atoms with van der Waals surface area (Å²) in [4.78, 5) is 4.35. The third kappa shape index (κ3) is 2.04. The summed E-state index contributed by atoms with van der Waals surface area (Å²) >= 11 is 3.43. The van der Waals surface area contributed by atoms with Crippen LogP contribution < -0.4 is 0 Å². The van der Waals surface area contributed by atoms with E-state index in [4.69, 9.17) is 0 Å². The molecule has 0 aliphatic rings. The largest absolute Gasteiger partial charge is 0.302 e. The summed E-state index contributed by atoms with van der Waals surface area (Å²) in [7, 11) is 0. The molecular weight excluding hydrogens is 295 g/mol. The molecule has 90 valence electrons. The van der Waals surface area contributed by atoms with Gasteiger partial charge in [-0.2, -0.15) is 0 Å².